The zero-order valence-electron chi connectivity index (χ0n) is 7.77. The summed E-state index contributed by atoms with van der Waals surface area (Å²) in [6, 6.07) is 0.408. The average molecular weight is 231 g/mol. The maximum Gasteiger partial charge on any atom is 0.407 e. The molecule has 0 spiro atoms. The van der Waals surface area contributed by atoms with Crippen LogP contribution in [-0.4, -0.2) is 54.2 Å². The molecule has 0 aromatic heterocycles. The number of carbonyl (C=O) groups is 1. The van der Waals surface area contributed by atoms with Crippen LogP contribution in [-0.2, 0) is 0 Å². The fourth-order valence-corrected chi connectivity index (χ4v) is 1.34. The number of likely N-dealkylation sites (N-methyl/N-ethyl adjacent to an activating group) is 1. The highest BCUT2D eigenvalue weighted by atomic mass is 35.5. The van der Waals surface area contributed by atoms with E-state index < -0.39 is 6.09 Å². The van der Waals surface area contributed by atoms with Gasteiger partial charge >= 0.3 is 6.09 Å². The first kappa shape index (κ1) is 15.3. The summed E-state index contributed by atoms with van der Waals surface area (Å²) in [6.07, 6.45) is 0.161. The van der Waals surface area contributed by atoms with Crippen LogP contribution >= 0.6 is 24.8 Å². The fourth-order valence-electron chi connectivity index (χ4n) is 1.34. The Morgan fingerprint density at radius 3 is 2.23 bits per heavy atom. The number of likely N-dealkylation sites (tertiary alicyclic amines) is 1. The number of hydrogen-bond acceptors (Lipinski definition) is 2. The molecular weight excluding hydrogens is 215 g/mol. The number of hydrogen-bond donors (Lipinski definition) is 1. The zero-order valence-corrected chi connectivity index (χ0v) is 9.40. The lowest BCUT2D eigenvalue weighted by Crippen LogP contribution is -2.33. The van der Waals surface area contributed by atoms with Crippen LogP contribution in [0.1, 0.15) is 6.42 Å². The lowest BCUT2D eigenvalue weighted by Gasteiger charge is -2.18. The highest BCUT2D eigenvalue weighted by molar-refractivity contribution is 5.85. The molecule has 1 aliphatic rings. The molecule has 0 radical (unpaired) electrons. The van der Waals surface area contributed by atoms with E-state index in [1.807, 2.05) is 14.1 Å². The van der Waals surface area contributed by atoms with Crippen molar-refractivity contribution in [2.24, 2.45) is 0 Å². The van der Waals surface area contributed by atoms with E-state index in [0.717, 1.165) is 6.42 Å². The van der Waals surface area contributed by atoms with Gasteiger partial charge in [-0.3, -0.25) is 0 Å². The van der Waals surface area contributed by atoms with Crippen LogP contribution < -0.4 is 0 Å². The first-order chi connectivity index (χ1) is 5.11. The van der Waals surface area contributed by atoms with Crippen molar-refractivity contribution < 1.29 is 9.90 Å². The molecule has 13 heavy (non-hydrogen) atoms. The predicted octanol–water partition coefficient (Wildman–Crippen LogP) is 1.14. The Balaban J connectivity index is 0. The second-order valence-corrected chi connectivity index (χ2v) is 3.13. The molecule has 0 aromatic rings. The molecule has 1 rings (SSSR count). The Morgan fingerprint density at radius 2 is 2.00 bits per heavy atom. The van der Waals surface area contributed by atoms with Crippen molar-refractivity contribution in [1.82, 2.24) is 9.80 Å². The standard InChI is InChI=1S/C7H14N2O2.2ClH/c1-8(2)6-3-4-9(5-6)7(10)11;;/h6H,3-5H2,1-2H3,(H,10,11);2*1H/t6-;;/m0../s1. The van der Waals surface area contributed by atoms with Gasteiger partial charge in [0.1, 0.15) is 0 Å². The van der Waals surface area contributed by atoms with Crippen LogP contribution in [0.5, 0.6) is 0 Å². The van der Waals surface area contributed by atoms with Gasteiger partial charge in [0.05, 0.1) is 0 Å². The third kappa shape index (κ3) is 4.02. The lowest BCUT2D eigenvalue weighted by molar-refractivity contribution is 0.152. The van der Waals surface area contributed by atoms with E-state index >= 15 is 0 Å². The second kappa shape index (κ2) is 6.29. The van der Waals surface area contributed by atoms with Gasteiger partial charge in [-0.25, -0.2) is 4.79 Å². The molecule has 1 aliphatic heterocycles. The van der Waals surface area contributed by atoms with Crippen LogP contribution in [0.2, 0.25) is 0 Å². The number of carboxylic acid groups (broad SMARTS) is 1. The minimum atomic E-state index is -0.797. The normalized spacial score (nSPS) is 20.8. The van der Waals surface area contributed by atoms with E-state index in [1.54, 1.807) is 0 Å². The van der Waals surface area contributed by atoms with Crippen LogP contribution in [0.25, 0.3) is 0 Å². The van der Waals surface area contributed by atoms with Crippen molar-refractivity contribution in [1.29, 1.82) is 0 Å². The minimum absolute atomic E-state index is 0. The van der Waals surface area contributed by atoms with E-state index in [1.165, 1.54) is 4.90 Å². The van der Waals surface area contributed by atoms with E-state index in [4.69, 9.17) is 5.11 Å². The van der Waals surface area contributed by atoms with Gasteiger partial charge < -0.3 is 14.9 Å². The summed E-state index contributed by atoms with van der Waals surface area (Å²) in [4.78, 5) is 14.0. The molecule has 0 aliphatic carbocycles. The minimum Gasteiger partial charge on any atom is -0.465 e. The molecule has 6 heteroatoms. The monoisotopic (exact) mass is 230 g/mol. The molecule has 4 nitrogen and oxygen atoms in total. The van der Waals surface area contributed by atoms with Crippen LogP contribution in [0.15, 0.2) is 0 Å². The van der Waals surface area contributed by atoms with E-state index in [2.05, 4.69) is 4.90 Å². The maximum atomic E-state index is 10.5. The molecule has 0 saturated carbocycles. The summed E-state index contributed by atoms with van der Waals surface area (Å²) in [5.41, 5.74) is 0. The molecule has 80 valence electrons. The number of amides is 1. The van der Waals surface area contributed by atoms with Gasteiger partial charge in [0.2, 0.25) is 0 Å². The molecule has 1 saturated heterocycles. The topological polar surface area (TPSA) is 43.8 Å². The van der Waals surface area contributed by atoms with Gasteiger partial charge in [-0.1, -0.05) is 0 Å². The van der Waals surface area contributed by atoms with Crippen molar-refractivity contribution in [3.63, 3.8) is 0 Å². The largest absolute Gasteiger partial charge is 0.465 e. The zero-order chi connectivity index (χ0) is 8.43. The summed E-state index contributed by atoms with van der Waals surface area (Å²) in [7, 11) is 3.96. The van der Waals surface area contributed by atoms with Crippen LogP contribution in [0.3, 0.4) is 0 Å². The van der Waals surface area contributed by atoms with Crippen molar-refractivity contribution in [3.8, 4) is 0 Å². The Bertz CT molecular complexity index is 167. The molecule has 0 unspecified atom stereocenters. The maximum absolute atomic E-state index is 10.5. The van der Waals surface area contributed by atoms with Gasteiger partial charge in [0.25, 0.3) is 0 Å². The van der Waals surface area contributed by atoms with Gasteiger partial charge in [-0.2, -0.15) is 0 Å². The van der Waals surface area contributed by atoms with Crippen molar-refractivity contribution in [2.75, 3.05) is 27.2 Å². The van der Waals surface area contributed by atoms with Crippen molar-refractivity contribution in [3.05, 3.63) is 0 Å². The van der Waals surface area contributed by atoms with E-state index in [-0.39, 0.29) is 24.8 Å². The van der Waals surface area contributed by atoms with Gasteiger partial charge in [0.15, 0.2) is 0 Å². The Morgan fingerprint density at radius 1 is 1.46 bits per heavy atom. The predicted molar refractivity (Wildman–Crippen MR) is 56.2 cm³/mol. The second-order valence-electron chi connectivity index (χ2n) is 3.13. The Labute approximate surface area is 90.7 Å². The van der Waals surface area contributed by atoms with Crippen molar-refractivity contribution in [2.45, 2.75) is 12.5 Å². The van der Waals surface area contributed by atoms with Gasteiger partial charge in [-0.15, -0.1) is 24.8 Å². The molecule has 0 aromatic carbocycles. The quantitative estimate of drug-likeness (QED) is 0.736. The van der Waals surface area contributed by atoms with E-state index in [0.29, 0.717) is 19.1 Å². The summed E-state index contributed by atoms with van der Waals surface area (Å²) in [6.45, 7) is 1.33. The molecular formula is C7H16Cl2N2O2. The summed E-state index contributed by atoms with van der Waals surface area (Å²) < 4.78 is 0. The SMILES string of the molecule is CN(C)[C@H]1CCN(C(=O)O)C1.Cl.Cl. The third-order valence-electron chi connectivity index (χ3n) is 2.16. The molecule has 1 amide bonds. The molecule has 1 N–H and O–H groups in total. The first-order valence-corrected chi connectivity index (χ1v) is 3.75. The molecule has 1 heterocycles. The Hall–Kier alpha value is -0.190. The summed E-state index contributed by atoms with van der Waals surface area (Å²) >= 11 is 0. The number of rotatable bonds is 1. The van der Waals surface area contributed by atoms with E-state index in [9.17, 15) is 4.79 Å². The number of halogens is 2. The first-order valence-electron chi connectivity index (χ1n) is 3.75. The molecule has 1 fully saturated rings. The molecule has 0 bridgehead atoms. The lowest BCUT2D eigenvalue weighted by atomic mass is 10.2. The van der Waals surface area contributed by atoms with Gasteiger partial charge in [0, 0.05) is 19.1 Å². The summed E-state index contributed by atoms with van der Waals surface area (Å²) in [5, 5.41) is 8.62. The van der Waals surface area contributed by atoms with Crippen LogP contribution in [0.4, 0.5) is 4.79 Å². The number of nitrogens with zero attached hydrogens (tertiary/aromatic N) is 2. The highest BCUT2D eigenvalue weighted by Crippen LogP contribution is 2.12. The average Bonchev–Trinajstić information content (AvgIpc) is 2.33. The van der Waals surface area contributed by atoms with Crippen molar-refractivity contribution >= 4 is 30.9 Å². The van der Waals surface area contributed by atoms with Gasteiger partial charge in [-0.05, 0) is 20.5 Å². The molecule has 1 atom stereocenters. The summed E-state index contributed by atoms with van der Waals surface area (Å²) in [5.74, 6) is 0. The van der Waals surface area contributed by atoms with Crippen LogP contribution in [0, 0.1) is 0 Å². The fraction of sp³-hybridized carbons (Fsp3) is 0.857. The third-order valence-corrected chi connectivity index (χ3v) is 2.16. The Kier molecular flexibility index (Phi) is 7.40. The smallest absolute Gasteiger partial charge is 0.407 e. The highest BCUT2D eigenvalue weighted by Gasteiger charge is 2.26.